The summed E-state index contributed by atoms with van der Waals surface area (Å²) in [5.41, 5.74) is 0. The first-order valence-electron chi connectivity index (χ1n) is 4.34. The van der Waals surface area contributed by atoms with Crippen molar-refractivity contribution >= 4 is 0 Å². The van der Waals surface area contributed by atoms with Crippen molar-refractivity contribution < 1.29 is 4.74 Å². The first kappa shape index (κ1) is 9.81. The SMILES string of the molecule is C=CCNCCOc1[c]cccc1. The van der Waals surface area contributed by atoms with Crippen molar-refractivity contribution in [1.82, 2.24) is 5.32 Å². The van der Waals surface area contributed by atoms with Crippen molar-refractivity contribution in [3.63, 3.8) is 0 Å². The van der Waals surface area contributed by atoms with Crippen molar-refractivity contribution in [1.29, 1.82) is 0 Å². The van der Waals surface area contributed by atoms with Gasteiger partial charge >= 0.3 is 0 Å². The molecule has 13 heavy (non-hydrogen) atoms. The molecule has 0 saturated heterocycles. The highest BCUT2D eigenvalue weighted by Crippen LogP contribution is 2.06. The lowest BCUT2D eigenvalue weighted by Gasteiger charge is -2.05. The molecule has 0 aromatic heterocycles. The van der Waals surface area contributed by atoms with Gasteiger partial charge in [0.25, 0.3) is 0 Å². The van der Waals surface area contributed by atoms with Crippen LogP contribution in [0.4, 0.5) is 0 Å². The number of nitrogens with one attached hydrogen (secondary N) is 1. The van der Waals surface area contributed by atoms with E-state index in [2.05, 4.69) is 18.0 Å². The molecule has 1 aromatic rings. The van der Waals surface area contributed by atoms with Crippen LogP contribution >= 0.6 is 0 Å². The second-order valence-electron chi connectivity index (χ2n) is 2.57. The highest BCUT2D eigenvalue weighted by molar-refractivity contribution is 5.19. The molecule has 0 bridgehead atoms. The minimum atomic E-state index is 0.661. The third kappa shape index (κ3) is 4.33. The van der Waals surface area contributed by atoms with E-state index >= 15 is 0 Å². The number of hydrogen-bond donors (Lipinski definition) is 1. The van der Waals surface area contributed by atoms with E-state index in [0.29, 0.717) is 6.61 Å². The number of benzene rings is 1. The van der Waals surface area contributed by atoms with Crippen molar-refractivity contribution in [2.45, 2.75) is 0 Å². The number of rotatable bonds is 6. The Bertz CT molecular complexity index is 233. The molecule has 0 saturated carbocycles. The Labute approximate surface area is 79.2 Å². The van der Waals surface area contributed by atoms with Crippen LogP contribution in [0.25, 0.3) is 0 Å². The summed E-state index contributed by atoms with van der Waals surface area (Å²) < 4.78 is 5.40. The van der Waals surface area contributed by atoms with Gasteiger partial charge in [-0.1, -0.05) is 24.3 Å². The molecule has 0 aliphatic carbocycles. The van der Waals surface area contributed by atoms with Gasteiger partial charge in [0, 0.05) is 19.2 Å². The molecule has 0 fully saturated rings. The van der Waals surface area contributed by atoms with Gasteiger partial charge in [0.1, 0.15) is 12.4 Å². The third-order valence-corrected chi connectivity index (χ3v) is 1.51. The van der Waals surface area contributed by atoms with E-state index in [1.165, 1.54) is 0 Å². The van der Waals surface area contributed by atoms with Crippen molar-refractivity contribution in [3.8, 4) is 5.75 Å². The molecule has 0 aliphatic heterocycles. The first-order valence-corrected chi connectivity index (χ1v) is 4.34. The fourth-order valence-corrected chi connectivity index (χ4v) is 0.904. The van der Waals surface area contributed by atoms with E-state index in [9.17, 15) is 0 Å². The Kier molecular flexibility index (Phi) is 4.72. The monoisotopic (exact) mass is 176 g/mol. The Morgan fingerprint density at radius 1 is 1.54 bits per heavy atom. The molecule has 0 unspecified atom stereocenters. The Balaban J connectivity index is 2.10. The maximum absolute atomic E-state index is 5.40. The third-order valence-electron chi connectivity index (χ3n) is 1.51. The van der Waals surface area contributed by atoms with Gasteiger partial charge in [-0.05, 0) is 6.07 Å². The van der Waals surface area contributed by atoms with Crippen LogP contribution in [0.5, 0.6) is 5.75 Å². The summed E-state index contributed by atoms with van der Waals surface area (Å²) in [6.07, 6.45) is 1.83. The summed E-state index contributed by atoms with van der Waals surface area (Å²) in [6, 6.07) is 10.6. The lowest BCUT2D eigenvalue weighted by molar-refractivity contribution is 0.316. The Hall–Kier alpha value is -1.28. The summed E-state index contributed by atoms with van der Waals surface area (Å²) in [5.74, 6) is 0.794. The van der Waals surface area contributed by atoms with Gasteiger partial charge in [0.15, 0.2) is 0 Å². The minimum absolute atomic E-state index is 0.661. The molecule has 2 nitrogen and oxygen atoms in total. The fraction of sp³-hybridized carbons (Fsp3) is 0.273. The molecule has 1 N–H and O–H groups in total. The molecule has 2 heteroatoms. The van der Waals surface area contributed by atoms with E-state index in [4.69, 9.17) is 4.74 Å². The molecule has 1 rings (SSSR count). The predicted octanol–water partition coefficient (Wildman–Crippen LogP) is 1.64. The number of ether oxygens (including phenoxy) is 1. The summed E-state index contributed by atoms with van der Waals surface area (Å²) in [4.78, 5) is 0. The Morgan fingerprint density at radius 2 is 2.46 bits per heavy atom. The van der Waals surface area contributed by atoms with Gasteiger partial charge in [-0.3, -0.25) is 0 Å². The fourth-order valence-electron chi connectivity index (χ4n) is 0.904. The van der Waals surface area contributed by atoms with E-state index in [1.807, 2.05) is 30.3 Å². The van der Waals surface area contributed by atoms with E-state index in [-0.39, 0.29) is 0 Å². The highest BCUT2D eigenvalue weighted by atomic mass is 16.5. The molecule has 1 aromatic carbocycles. The van der Waals surface area contributed by atoms with Crippen LogP contribution in [-0.2, 0) is 0 Å². The summed E-state index contributed by atoms with van der Waals surface area (Å²) in [7, 11) is 0. The smallest absolute Gasteiger partial charge is 0.127 e. The Morgan fingerprint density at radius 3 is 3.15 bits per heavy atom. The zero-order valence-corrected chi connectivity index (χ0v) is 7.62. The lowest BCUT2D eigenvalue weighted by atomic mass is 10.3. The molecular weight excluding hydrogens is 162 g/mol. The van der Waals surface area contributed by atoms with Gasteiger partial charge in [0.2, 0.25) is 0 Å². The second kappa shape index (κ2) is 6.26. The largest absolute Gasteiger partial charge is 0.492 e. The summed E-state index contributed by atoms with van der Waals surface area (Å²) in [6.45, 7) is 5.92. The van der Waals surface area contributed by atoms with Crippen LogP contribution in [0.1, 0.15) is 0 Å². The molecule has 69 valence electrons. The molecular formula is C11H14NO. The van der Waals surface area contributed by atoms with E-state index in [0.717, 1.165) is 18.8 Å². The van der Waals surface area contributed by atoms with E-state index < -0.39 is 0 Å². The zero-order chi connectivity index (χ0) is 9.36. The quantitative estimate of drug-likeness (QED) is 0.525. The highest BCUT2D eigenvalue weighted by Gasteiger charge is 1.89. The van der Waals surface area contributed by atoms with Gasteiger partial charge in [-0.2, -0.15) is 0 Å². The first-order chi connectivity index (χ1) is 6.43. The molecule has 0 atom stereocenters. The van der Waals surface area contributed by atoms with Gasteiger partial charge in [-0.15, -0.1) is 6.58 Å². The van der Waals surface area contributed by atoms with Crippen LogP contribution in [0.15, 0.2) is 36.9 Å². The zero-order valence-electron chi connectivity index (χ0n) is 7.62. The normalized spacial score (nSPS) is 9.54. The van der Waals surface area contributed by atoms with E-state index in [1.54, 1.807) is 0 Å². The standard InChI is InChI=1S/C11H14NO/c1-2-8-12-9-10-13-11-6-4-3-5-7-11/h2-6,12H,1,8-10H2. The van der Waals surface area contributed by atoms with Crippen molar-refractivity contribution in [2.24, 2.45) is 0 Å². The lowest BCUT2D eigenvalue weighted by Crippen LogP contribution is -2.20. The van der Waals surface area contributed by atoms with Crippen LogP contribution < -0.4 is 10.1 Å². The topological polar surface area (TPSA) is 21.3 Å². The average molecular weight is 176 g/mol. The van der Waals surface area contributed by atoms with Crippen molar-refractivity contribution in [3.05, 3.63) is 43.0 Å². The van der Waals surface area contributed by atoms with Gasteiger partial charge in [0.05, 0.1) is 0 Å². The van der Waals surface area contributed by atoms with Gasteiger partial charge in [-0.25, -0.2) is 0 Å². The van der Waals surface area contributed by atoms with Crippen LogP contribution in [0.2, 0.25) is 0 Å². The van der Waals surface area contributed by atoms with Crippen LogP contribution in [0.3, 0.4) is 0 Å². The maximum Gasteiger partial charge on any atom is 0.127 e. The summed E-state index contributed by atoms with van der Waals surface area (Å²) in [5, 5.41) is 3.15. The van der Waals surface area contributed by atoms with Crippen molar-refractivity contribution in [2.75, 3.05) is 19.7 Å². The predicted molar refractivity (Wildman–Crippen MR) is 53.8 cm³/mol. The van der Waals surface area contributed by atoms with Gasteiger partial charge < -0.3 is 10.1 Å². The molecule has 0 aliphatic rings. The van der Waals surface area contributed by atoms with Crippen LogP contribution in [0, 0.1) is 6.07 Å². The molecule has 0 spiro atoms. The molecule has 1 radical (unpaired) electrons. The number of hydrogen-bond acceptors (Lipinski definition) is 2. The second-order valence-corrected chi connectivity index (χ2v) is 2.57. The average Bonchev–Trinajstić information content (AvgIpc) is 2.19. The minimum Gasteiger partial charge on any atom is -0.492 e. The molecule has 0 amide bonds. The molecule has 0 heterocycles. The number of para-hydroxylation sites is 1. The maximum atomic E-state index is 5.40. The summed E-state index contributed by atoms with van der Waals surface area (Å²) >= 11 is 0. The van der Waals surface area contributed by atoms with Crippen LogP contribution in [-0.4, -0.2) is 19.7 Å².